The Hall–Kier alpha value is -3.53. The number of nitrogens with zero attached hydrogens (tertiary/aromatic N) is 3. The lowest BCUT2D eigenvalue weighted by Crippen LogP contribution is -2.16. The first-order valence-electron chi connectivity index (χ1n) is 11.3. The summed E-state index contributed by atoms with van der Waals surface area (Å²) in [4.78, 5) is 8.91. The van der Waals surface area contributed by atoms with Gasteiger partial charge in [-0.05, 0) is 37.1 Å². The van der Waals surface area contributed by atoms with E-state index in [1.54, 1.807) is 25.7 Å². The average Bonchev–Trinajstić information content (AvgIpc) is 3.50. The van der Waals surface area contributed by atoms with Crippen LogP contribution in [0.25, 0.3) is 16.6 Å². The van der Waals surface area contributed by atoms with Crippen molar-refractivity contribution in [3.8, 4) is 11.5 Å². The molecule has 1 fully saturated rings. The summed E-state index contributed by atoms with van der Waals surface area (Å²) in [5, 5.41) is 4.04. The largest absolute Gasteiger partial charge is 0.493 e. The number of benzene rings is 2. The Bertz CT molecular complexity index is 1380. The SMILES string of the molecule is COc1cc2c(cc1OC1CCOC1)c(N[C@H](C)c1cccc(C(F)(F)F)c1C)nc1cncn12. The molecule has 0 amide bonds. The number of rotatable bonds is 6. The first kappa shape index (κ1) is 23.2. The minimum absolute atomic E-state index is 0.0885. The van der Waals surface area contributed by atoms with Crippen LogP contribution in [0.1, 0.15) is 36.1 Å². The number of imidazole rings is 1. The smallest absolute Gasteiger partial charge is 0.416 e. The molecule has 2 aromatic heterocycles. The standard InChI is InChI=1S/C25H25F3N4O3/c1-14-17(5-4-6-19(14)25(26,27)28)15(2)30-24-18-9-22(35-16-7-8-34-12-16)21(33-3)10-20(18)32-13-29-11-23(32)31-24/h4-6,9-11,13,15-16H,7-8,12H2,1-3H3,(H,30,31)/t15-,16?/m1/s1. The first-order chi connectivity index (χ1) is 16.8. The minimum Gasteiger partial charge on any atom is -0.493 e. The first-order valence-corrected chi connectivity index (χ1v) is 11.3. The summed E-state index contributed by atoms with van der Waals surface area (Å²) in [6.45, 7) is 4.44. The molecule has 0 radical (unpaired) electrons. The zero-order valence-corrected chi connectivity index (χ0v) is 19.5. The third-order valence-corrected chi connectivity index (χ3v) is 6.32. The number of methoxy groups -OCH3 is 1. The second kappa shape index (κ2) is 8.92. The van der Waals surface area contributed by atoms with E-state index in [4.69, 9.17) is 19.2 Å². The summed E-state index contributed by atoms with van der Waals surface area (Å²) in [7, 11) is 1.57. The fraction of sp³-hybridized carbons (Fsp3) is 0.360. The fourth-order valence-corrected chi connectivity index (χ4v) is 4.53. The highest BCUT2D eigenvalue weighted by atomic mass is 19.4. The molecule has 35 heavy (non-hydrogen) atoms. The van der Waals surface area contributed by atoms with E-state index in [0.717, 1.165) is 23.4 Å². The van der Waals surface area contributed by atoms with Gasteiger partial charge in [-0.1, -0.05) is 12.1 Å². The van der Waals surface area contributed by atoms with Crippen LogP contribution in [-0.2, 0) is 10.9 Å². The summed E-state index contributed by atoms with van der Waals surface area (Å²) >= 11 is 0. The Morgan fingerprint density at radius 3 is 2.77 bits per heavy atom. The normalized spacial score (nSPS) is 17.1. The maximum absolute atomic E-state index is 13.5. The van der Waals surface area contributed by atoms with Crippen molar-refractivity contribution < 1.29 is 27.4 Å². The Morgan fingerprint density at radius 2 is 2.06 bits per heavy atom. The van der Waals surface area contributed by atoms with Crippen molar-refractivity contribution in [3.63, 3.8) is 0 Å². The van der Waals surface area contributed by atoms with Crippen LogP contribution in [0.5, 0.6) is 11.5 Å². The molecule has 3 heterocycles. The second-order valence-electron chi connectivity index (χ2n) is 8.59. The molecule has 1 N–H and O–H groups in total. The van der Waals surface area contributed by atoms with Crippen LogP contribution in [0, 0.1) is 6.92 Å². The Labute approximate surface area is 199 Å². The van der Waals surface area contributed by atoms with Crippen molar-refractivity contribution in [2.45, 2.75) is 38.6 Å². The van der Waals surface area contributed by atoms with E-state index in [-0.39, 0.29) is 11.7 Å². The Morgan fingerprint density at radius 1 is 1.23 bits per heavy atom. The molecule has 1 unspecified atom stereocenters. The van der Waals surface area contributed by atoms with Crippen molar-refractivity contribution in [2.75, 3.05) is 25.6 Å². The minimum atomic E-state index is -4.42. The molecule has 0 spiro atoms. The lowest BCUT2D eigenvalue weighted by atomic mass is 9.97. The van der Waals surface area contributed by atoms with Crippen molar-refractivity contribution >= 4 is 22.4 Å². The molecular weight excluding hydrogens is 461 g/mol. The molecular formula is C25H25F3N4O3. The van der Waals surface area contributed by atoms with E-state index in [1.807, 2.05) is 23.5 Å². The van der Waals surface area contributed by atoms with E-state index < -0.39 is 17.8 Å². The van der Waals surface area contributed by atoms with Gasteiger partial charge in [0.2, 0.25) is 0 Å². The summed E-state index contributed by atoms with van der Waals surface area (Å²) in [5.41, 5.74) is 1.44. The van der Waals surface area contributed by atoms with E-state index in [1.165, 1.54) is 13.0 Å². The van der Waals surface area contributed by atoms with Gasteiger partial charge in [-0.15, -0.1) is 0 Å². The van der Waals surface area contributed by atoms with Gasteiger partial charge in [0, 0.05) is 17.9 Å². The average molecular weight is 486 g/mol. The Balaban J connectivity index is 1.60. The summed E-state index contributed by atoms with van der Waals surface area (Å²) in [6, 6.07) is 7.46. The highest BCUT2D eigenvalue weighted by molar-refractivity contribution is 5.94. The molecule has 2 aromatic carbocycles. The monoisotopic (exact) mass is 486 g/mol. The molecule has 0 aliphatic carbocycles. The molecule has 0 saturated carbocycles. The third-order valence-electron chi connectivity index (χ3n) is 6.32. The molecule has 0 bridgehead atoms. The van der Waals surface area contributed by atoms with Crippen molar-refractivity contribution in [1.29, 1.82) is 0 Å². The molecule has 5 rings (SSSR count). The molecule has 7 nitrogen and oxygen atoms in total. The lowest BCUT2D eigenvalue weighted by molar-refractivity contribution is -0.138. The van der Waals surface area contributed by atoms with Gasteiger partial charge in [0.05, 0.1) is 43.6 Å². The summed E-state index contributed by atoms with van der Waals surface area (Å²) < 4.78 is 59.4. The van der Waals surface area contributed by atoms with Crippen LogP contribution in [0.15, 0.2) is 42.9 Å². The number of halogens is 3. The highest BCUT2D eigenvalue weighted by Crippen LogP contribution is 2.39. The number of hydrogen-bond donors (Lipinski definition) is 1. The van der Waals surface area contributed by atoms with Gasteiger partial charge in [-0.3, -0.25) is 4.40 Å². The van der Waals surface area contributed by atoms with Gasteiger partial charge < -0.3 is 19.5 Å². The predicted molar refractivity (Wildman–Crippen MR) is 125 cm³/mol. The molecule has 1 saturated heterocycles. The number of nitrogens with one attached hydrogen (secondary N) is 1. The quantitative estimate of drug-likeness (QED) is 0.385. The van der Waals surface area contributed by atoms with Crippen molar-refractivity contribution in [3.05, 3.63) is 59.5 Å². The van der Waals surface area contributed by atoms with E-state index >= 15 is 0 Å². The molecule has 4 aromatic rings. The summed E-state index contributed by atoms with van der Waals surface area (Å²) in [5.74, 6) is 1.61. The molecule has 1 aliphatic rings. The number of alkyl halides is 3. The number of anilines is 1. The van der Waals surface area contributed by atoms with E-state index in [0.29, 0.717) is 41.7 Å². The topological polar surface area (TPSA) is 69.9 Å². The lowest BCUT2D eigenvalue weighted by Gasteiger charge is -2.22. The fourth-order valence-electron chi connectivity index (χ4n) is 4.53. The maximum atomic E-state index is 13.5. The molecule has 10 heteroatoms. The predicted octanol–water partition coefficient (Wildman–Crippen LogP) is 5.56. The number of fused-ring (bicyclic) bond motifs is 3. The number of ether oxygens (including phenoxy) is 3. The molecule has 2 atom stereocenters. The van der Waals surface area contributed by atoms with Crippen LogP contribution in [0.3, 0.4) is 0 Å². The van der Waals surface area contributed by atoms with Crippen LogP contribution in [0.2, 0.25) is 0 Å². The van der Waals surface area contributed by atoms with Crippen molar-refractivity contribution in [2.24, 2.45) is 0 Å². The Kier molecular flexibility index (Phi) is 5.92. The second-order valence-corrected chi connectivity index (χ2v) is 8.59. The van der Waals surface area contributed by atoms with Crippen LogP contribution in [0.4, 0.5) is 19.0 Å². The number of hydrogen-bond acceptors (Lipinski definition) is 6. The third kappa shape index (κ3) is 4.34. The summed E-state index contributed by atoms with van der Waals surface area (Å²) in [6.07, 6.45) is -0.461. The zero-order chi connectivity index (χ0) is 24.7. The molecule has 184 valence electrons. The van der Waals surface area contributed by atoms with E-state index in [2.05, 4.69) is 10.3 Å². The van der Waals surface area contributed by atoms with Crippen LogP contribution in [-0.4, -0.2) is 40.8 Å². The van der Waals surface area contributed by atoms with Crippen LogP contribution < -0.4 is 14.8 Å². The van der Waals surface area contributed by atoms with Gasteiger partial charge in [-0.2, -0.15) is 13.2 Å². The van der Waals surface area contributed by atoms with Crippen LogP contribution >= 0.6 is 0 Å². The van der Waals surface area contributed by atoms with E-state index in [9.17, 15) is 13.2 Å². The van der Waals surface area contributed by atoms with Gasteiger partial charge in [0.25, 0.3) is 0 Å². The van der Waals surface area contributed by atoms with Gasteiger partial charge >= 0.3 is 6.18 Å². The van der Waals surface area contributed by atoms with Gasteiger partial charge in [0.15, 0.2) is 17.1 Å². The maximum Gasteiger partial charge on any atom is 0.416 e. The van der Waals surface area contributed by atoms with Gasteiger partial charge in [0.1, 0.15) is 18.2 Å². The molecule has 1 aliphatic heterocycles. The highest BCUT2D eigenvalue weighted by Gasteiger charge is 2.33. The zero-order valence-electron chi connectivity index (χ0n) is 19.5. The van der Waals surface area contributed by atoms with Crippen molar-refractivity contribution in [1.82, 2.24) is 14.4 Å². The number of aromatic nitrogens is 3. The van der Waals surface area contributed by atoms with Gasteiger partial charge in [-0.25, -0.2) is 9.97 Å².